The first-order chi connectivity index (χ1) is 11.0. The van der Waals surface area contributed by atoms with Gasteiger partial charge in [0.05, 0.1) is 11.0 Å². The Labute approximate surface area is 133 Å². The lowest BCUT2D eigenvalue weighted by molar-refractivity contribution is 0.100. The standard InChI is InChI=1S/C16H20N4O3/c1-2-20-13-7-11(14(17)22)3-4-12(13)18-15(16(20)23)19-6-5-10(8-19)9-21/h3-4,7,10,21H,2,5-6,8-9H2,1H3,(H2,17,22)/t10-/m0/s1. The maximum absolute atomic E-state index is 12.8. The Hall–Kier alpha value is -2.41. The van der Waals surface area contributed by atoms with E-state index in [4.69, 9.17) is 5.73 Å². The molecule has 7 nitrogen and oxygen atoms in total. The number of aromatic nitrogens is 2. The number of carbonyl (C=O) groups is 1. The van der Waals surface area contributed by atoms with Gasteiger partial charge in [-0.25, -0.2) is 4.98 Å². The summed E-state index contributed by atoms with van der Waals surface area (Å²) in [6.07, 6.45) is 0.850. The number of hydrogen-bond donors (Lipinski definition) is 2. The monoisotopic (exact) mass is 316 g/mol. The molecule has 0 aliphatic carbocycles. The number of amides is 1. The van der Waals surface area contributed by atoms with Crippen molar-refractivity contribution in [3.05, 3.63) is 34.1 Å². The summed E-state index contributed by atoms with van der Waals surface area (Å²) in [5, 5.41) is 9.28. The summed E-state index contributed by atoms with van der Waals surface area (Å²) in [5.41, 5.74) is 6.75. The molecule has 1 fully saturated rings. The molecule has 7 heteroatoms. The first-order valence-corrected chi connectivity index (χ1v) is 7.75. The number of rotatable bonds is 4. The number of benzene rings is 1. The number of hydrogen-bond acceptors (Lipinski definition) is 5. The molecule has 0 saturated carbocycles. The highest BCUT2D eigenvalue weighted by atomic mass is 16.3. The topological polar surface area (TPSA) is 101 Å². The third-order valence-electron chi connectivity index (χ3n) is 4.37. The van der Waals surface area contributed by atoms with Crippen molar-refractivity contribution >= 4 is 22.8 Å². The van der Waals surface area contributed by atoms with Crippen molar-refractivity contribution < 1.29 is 9.90 Å². The van der Waals surface area contributed by atoms with E-state index in [9.17, 15) is 14.7 Å². The number of carbonyl (C=O) groups excluding carboxylic acids is 1. The third kappa shape index (κ3) is 2.68. The van der Waals surface area contributed by atoms with Crippen LogP contribution >= 0.6 is 0 Å². The van der Waals surface area contributed by atoms with Crippen LogP contribution in [-0.4, -0.2) is 40.3 Å². The van der Waals surface area contributed by atoms with Crippen molar-refractivity contribution in [3.63, 3.8) is 0 Å². The van der Waals surface area contributed by atoms with Crippen molar-refractivity contribution in [1.29, 1.82) is 0 Å². The van der Waals surface area contributed by atoms with Crippen LogP contribution in [0.4, 0.5) is 5.82 Å². The van der Waals surface area contributed by atoms with Crippen LogP contribution in [0.1, 0.15) is 23.7 Å². The lowest BCUT2D eigenvalue weighted by atomic mass is 10.1. The van der Waals surface area contributed by atoms with Crippen LogP contribution in [-0.2, 0) is 6.54 Å². The molecule has 3 N–H and O–H groups in total. The number of fused-ring (bicyclic) bond motifs is 1. The Kier molecular flexibility index (Phi) is 4.04. The highest BCUT2D eigenvalue weighted by molar-refractivity contribution is 5.96. The van der Waals surface area contributed by atoms with Crippen LogP contribution in [0.5, 0.6) is 0 Å². The van der Waals surface area contributed by atoms with Gasteiger partial charge in [0.15, 0.2) is 5.82 Å². The minimum Gasteiger partial charge on any atom is -0.396 e. The number of primary amides is 1. The number of aliphatic hydroxyl groups excluding tert-OH is 1. The molecule has 1 aliphatic rings. The van der Waals surface area contributed by atoms with Crippen molar-refractivity contribution in [2.45, 2.75) is 19.9 Å². The number of aliphatic hydroxyl groups is 1. The van der Waals surface area contributed by atoms with E-state index >= 15 is 0 Å². The predicted octanol–water partition coefficient (Wildman–Crippen LogP) is 0.334. The summed E-state index contributed by atoms with van der Waals surface area (Å²) in [4.78, 5) is 30.5. The van der Waals surface area contributed by atoms with Gasteiger partial charge in [0.1, 0.15) is 0 Å². The normalized spacial score (nSPS) is 17.8. The molecule has 2 heterocycles. The van der Waals surface area contributed by atoms with Gasteiger partial charge in [-0.3, -0.25) is 9.59 Å². The summed E-state index contributed by atoms with van der Waals surface area (Å²) in [7, 11) is 0. The van der Waals surface area contributed by atoms with Crippen LogP contribution in [0.2, 0.25) is 0 Å². The maximum atomic E-state index is 12.8. The summed E-state index contributed by atoms with van der Waals surface area (Å²) < 4.78 is 1.61. The lowest BCUT2D eigenvalue weighted by Gasteiger charge is -2.19. The van der Waals surface area contributed by atoms with E-state index in [0.29, 0.717) is 42.0 Å². The smallest absolute Gasteiger partial charge is 0.293 e. The fourth-order valence-electron chi connectivity index (χ4n) is 3.07. The van der Waals surface area contributed by atoms with Crippen LogP contribution < -0.4 is 16.2 Å². The molecular weight excluding hydrogens is 296 g/mol. The molecule has 1 amide bonds. The van der Waals surface area contributed by atoms with Crippen LogP contribution in [0.25, 0.3) is 11.0 Å². The highest BCUT2D eigenvalue weighted by Crippen LogP contribution is 2.22. The average Bonchev–Trinajstić information content (AvgIpc) is 3.02. The average molecular weight is 316 g/mol. The Morgan fingerprint density at radius 3 is 2.87 bits per heavy atom. The van der Waals surface area contributed by atoms with Gasteiger partial charge in [-0.1, -0.05) is 0 Å². The summed E-state index contributed by atoms with van der Waals surface area (Å²) >= 11 is 0. The minimum absolute atomic E-state index is 0.119. The summed E-state index contributed by atoms with van der Waals surface area (Å²) in [6.45, 7) is 3.82. The van der Waals surface area contributed by atoms with Crippen LogP contribution in [0, 0.1) is 5.92 Å². The Morgan fingerprint density at radius 1 is 1.48 bits per heavy atom. The first-order valence-electron chi connectivity index (χ1n) is 7.75. The van der Waals surface area contributed by atoms with E-state index in [1.807, 2.05) is 11.8 Å². The lowest BCUT2D eigenvalue weighted by Crippen LogP contribution is -2.32. The van der Waals surface area contributed by atoms with E-state index < -0.39 is 5.91 Å². The Morgan fingerprint density at radius 2 is 2.26 bits per heavy atom. The molecule has 122 valence electrons. The predicted molar refractivity (Wildman–Crippen MR) is 87.6 cm³/mol. The Balaban J connectivity index is 2.15. The fraction of sp³-hybridized carbons (Fsp3) is 0.438. The second-order valence-electron chi connectivity index (χ2n) is 5.84. The molecule has 23 heavy (non-hydrogen) atoms. The molecule has 0 spiro atoms. The van der Waals surface area contributed by atoms with Crippen molar-refractivity contribution in [1.82, 2.24) is 9.55 Å². The largest absolute Gasteiger partial charge is 0.396 e. The molecule has 1 aliphatic heterocycles. The molecule has 0 bridgehead atoms. The van der Waals surface area contributed by atoms with Gasteiger partial charge in [-0.05, 0) is 31.5 Å². The molecule has 1 aromatic heterocycles. The molecule has 1 saturated heterocycles. The highest BCUT2D eigenvalue weighted by Gasteiger charge is 2.26. The maximum Gasteiger partial charge on any atom is 0.293 e. The second kappa shape index (κ2) is 6.00. The molecular formula is C16H20N4O3. The Bertz CT molecular complexity index is 815. The van der Waals surface area contributed by atoms with E-state index in [1.165, 1.54) is 0 Å². The van der Waals surface area contributed by atoms with Crippen molar-refractivity contribution in [2.24, 2.45) is 11.7 Å². The zero-order valence-corrected chi connectivity index (χ0v) is 13.0. The second-order valence-corrected chi connectivity index (χ2v) is 5.84. The van der Waals surface area contributed by atoms with E-state index in [2.05, 4.69) is 4.98 Å². The zero-order chi connectivity index (χ0) is 16.6. The van der Waals surface area contributed by atoms with Gasteiger partial charge in [-0.15, -0.1) is 0 Å². The third-order valence-corrected chi connectivity index (χ3v) is 4.37. The van der Waals surface area contributed by atoms with Gasteiger partial charge in [0, 0.05) is 37.7 Å². The van der Waals surface area contributed by atoms with Crippen LogP contribution in [0.3, 0.4) is 0 Å². The molecule has 1 atom stereocenters. The van der Waals surface area contributed by atoms with Gasteiger partial charge < -0.3 is 20.3 Å². The van der Waals surface area contributed by atoms with Gasteiger partial charge >= 0.3 is 0 Å². The molecule has 0 radical (unpaired) electrons. The zero-order valence-electron chi connectivity index (χ0n) is 13.0. The van der Waals surface area contributed by atoms with Crippen molar-refractivity contribution in [3.8, 4) is 0 Å². The molecule has 0 unspecified atom stereocenters. The van der Waals surface area contributed by atoms with E-state index in [1.54, 1.807) is 22.8 Å². The number of nitrogens with two attached hydrogens (primary N) is 1. The van der Waals surface area contributed by atoms with E-state index in [-0.39, 0.29) is 18.1 Å². The van der Waals surface area contributed by atoms with E-state index in [0.717, 1.165) is 6.42 Å². The van der Waals surface area contributed by atoms with Gasteiger partial charge in [0.2, 0.25) is 5.91 Å². The number of aryl methyl sites for hydroxylation is 1. The summed E-state index contributed by atoms with van der Waals surface area (Å²) in [6, 6.07) is 4.94. The number of anilines is 1. The minimum atomic E-state index is -0.531. The molecule has 3 rings (SSSR count). The SMILES string of the molecule is CCn1c(=O)c(N2CC[C@H](CO)C2)nc2ccc(C(N)=O)cc21. The molecule has 1 aromatic carbocycles. The van der Waals surface area contributed by atoms with Crippen LogP contribution in [0.15, 0.2) is 23.0 Å². The van der Waals surface area contributed by atoms with Crippen molar-refractivity contribution in [2.75, 3.05) is 24.6 Å². The fourth-order valence-corrected chi connectivity index (χ4v) is 3.07. The van der Waals surface area contributed by atoms with Gasteiger partial charge in [-0.2, -0.15) is 0 Å². The quantitative estimate of drug-likeness (QED) is 0.846. The first kappa shape index (κ1) is 15.5. The van der Waals surface area contributed by atoms with Gasteiger partial charge in [0.25, 0.3) is 5.56 Å². The molecule has 2 aromatic rings. The number of nitrogens with zero attached hydrogens (tertiary/aromatic N) is 3. The summed E-state index contributed by atoms with van der Waals surface area (Å²) in [5.74, 6) is 0.0535.